The molecule has 4 N–H and O–H groups in total. The van der Waals surface area contributed by atoms with Gasteiger partial charge in [-0.3, -0.25) is 0 Å². The monoisotopic (exact) mass is 344 g/mol. The van der Waals surface area contributed by atoms with Crippen LogP contribution in [0.4, 0.5) is 0 Å². The van der Waals surface area contributed by atoms with Crippen LogP contribution in [0.5, 0.6) is 0 Å². The van der Waals surface area contributed by atoms with E-state index in [2.05, 4.69) is 0 Å². The van der Waals surface area contributed by atoms with E-state index in [-0.39, 0.29) is 24.3 Å². The molecule has 2 aromatic rings. The SMILES string of the molecule is O=C(O)c1ccc(/C=C/c2ccc(C(=O)O)cc2)cc1.OCCCO. The maximum absolute atomic E-state index is 10.7. The van der Waals surface area contributed by atoms with Gasteiger partial charge >= 0.3 is 11.9 Å². The van der Waals surface area contributed by atoms with Gasteiger partial charge in [-0.1, -0.05) is 36.4 Å². The average molecular weight is 344 g/mol. The third-order valence-corrected chi connectivity index (χ3v) is 3.10. The van der Waals surface area contributed by atoms with Crippen LogP contribution in [0, 0.1) is 0 Å². The zero-order chi connectivity index (χ0) is 18.7. The maximum Gasteiger partial charge on any atom is 0.335 e. The first-order valence-electron chi connectivity index (χ1n) is 7.54. The van der Waals surface area contributed by atoms with Crippen LogP contribution in [0.25, 0.3) is 12.2 Å². The number of carboxylic acid groups (broad SMARTS) is 2. The van der Waals surface area contributed by atoms with Gasteiger partial charge in [0.25, 0.3) is 0 Å². The number of benzene rings is 2. The highest BCUT2D eigenvalue weighted by molar-refractivity contribution is 5.88. The number of rotatable bonds is 6. The van der Waals surface area contributed by atoms with E-state index in [4.69, 9.17) is 20.4 Å². The summed E-state index contributed by atoms with van der Waals surface area (Å²) in [5.74, 6) is -1.91. The van der Waals surface area contributed by atoms with Crippen molar-refractivity contribution in [2.24, 2.45) is 0 Å². The Morgan fingerprint density at radius 3 is 1.20 bits per heavy atom. The molecule has 0 bridgehead atoms. The summed E-state index contributed by atoms with van der Waals surface area (Å²) in [4.78, 5) is 21.4. The van der Waals surface area contributed by atoms with Crippen molar-refractivity contribution in [2.45, 2.75) is 6.42 Å². The van der Waals surface area contributed by atoms with Crippen LogP contribution in [0.15, 0.2) is 48.5 Å². The number of aliphatic hydroxyl groups excluding tert-OH is 2. The Morgan fingerprint density at radius 1 is 0.680 bits per heavy atom. The molecule has 0 amide bonds. The van der Waals surface area contributed by atoms with Gasteiger partial charge in [0.05, 0.1) is 11.1 Å². The van der Waals surface area contributed by atoms with Gasteiger partial charge in [-0.2, -0.15) is 0 Å². The molecule has 0 unspecified atom stereocenters. The largest absolute Gasteiger partial charge is 0.478 e. The summed E-state index contributed by atoms with van der Waals surface area (Å²) in [7, 11) is 0. The minimum atomic E-state index is -0.954. The Kier molecular flexibility index (Phi) is 8.63. The first kappa shape index (κ1) is 20.1. The number of aliphatic hydroxyl groups is 2. The van der Waals surface area contributed by atoms with Gasteiger partial charge in [-0.05, 0) is 41.8 Å². The van der Waals surface area contributed by atoms with Crippen molar-refractivity contribution in [1.29, 1.82) is 0 Å². The maximum atomic E-state index is 10.7. The highest BCUT2D eigenvalue weighted by Gasteiger charge is 2.01. The van der Waals surface area contributed by atoms with E-state index in [1.807, 2.05) is 12.2 Å². The quantitative estimate of drug-likeness (QED) is 0.599. The van der Waals surface area contributed by atoms with E-state index < -0.39 is 11.9 Å². The van der Waals surface area contributed by atoms with Crippen molar-refractivity contribution in [1.82, 2.24) is 0 Å². The Balaban J connectivity index is 0.000000550. The number of hydrogen-bond donors (Lipinski definition) is 4. The molecule has 0 fully saturated rings. The number of carbonyl (C=O) groups is 2. The minimum Gasteiger partial charge on any atom is -0.478 e. The molecule has 0 saturated carbocycles. The summed E-state index contributed by atoms with van der Waals surface area (Å²) < 4.78 is 0. The molecule has 2 rings (SSSR count). The smallest absolute Gasteiger partial charge is 0.335 e. The first-order valence-corrected chi connectivity index (χ1v) is 7.54. The van der Waals surface area contributed by atoms with E-state index in [1.54, 1.807) is 24.3 Å². The molecule has 6 heteroatoms. The Labute approximate surface area is 145 Å². The fourth-order valence-electron chi connectivity index (χ4n) is 1.74. The number of carboxylic acids is 2. The summed E-state index contributed by atoms with van der Waals surface area (Å²) in [6.07, 6.45) is 4.17. The molecule has 0 aliphatic carbocycles. The normalized spacial score (nSPS) is 10.2. The molecule has 25 heavy (non-hydrogen) atoms. The fourth-order valence-corrected chi connectivity index (χ4v) is 1.74. The van der Waals surface area contributed by atoms with Crippen LogP contribution in [0.2, 0.25) is 0 Å². The molecule has 0 spiro atoms. The average Bonchev–Trinajstić information content (AvgIpc) is 2.62. The van der Waals surface area contributed by atoms with Gasteiger partial charge in [-0.15, -0.1) is 0 Å². The van der Waals surface area contributed by atoms with Crippen molar-refractivity contribution >= 4 is 24.1 Å². The van der Waals surface area contributed by atoms with Crippen LogP contribution in [-0.2, 0) is 0 Å². The van der Waals surface area contributed by atoms with Gasteiger partial charge < -0.3 is 20.4 Å². The highest BCUT2D eigenvalue weighted by Crippen LogP contribution is 2.11. The van der Waals surface area contributed by atoms with Crippen LogP contribution in [0.3, 0.4) is 0 Å². The van der Waals surface area contributed by atoms with Gasteiger partial charge in [-0.25, -0.2) is 9.59 Å². The second-order valence-electron chi connectivity index (χ2n) is 4.99. The molecule has 0 radical (unpaired) electrons. The van der Waals surface area contributed by atoms with E-state index in [1.165, 1.54) is 24.3 Å². The van der Waals surface area contributed by atoms with Gasteiger partial charge in [0.1, 0.15) is 0 Å². The summed E-state index contributed by atoms with van der Waals surface area (Å²) in [6.45, 7) is 0.188. The predicted molar refractivity (Wildman–Crippen MR) is 94.5 cm³/mol. The molecular weight excluding hydrogens is 324 g/mol. The second kappa shape index (κ2) is 10.7. The number of aromatic carboxylic acids is 2. The van der Waals surface area contributed by atoms with Crippen molar-refractivity contribution in [2.75, 3.05) is 13.2 Å². The first-order chi connectivity index (χ1) is 12.0. The van der Waals surface area contributed by atoms with Crippen LogP contribution >= 0.6 is 0 Å². The molecule has 0 aliphatic rings. The van der Waals surface area contributed by atoms with E-state index in [0.717, 1.165) is 11.1 Å². The van der Waals surface area contributed by atoms with Crippen LogP contribution in [-0.4, -0.2) is 45.6 Å². The van der Waals surface area contributed by atoms with Crippen LogP contribution < -0.4 is 0 Å². The van der Waals surface area contributed by atoms with Crippen molar-refractivity contribution in [3.63, 3.8) is 0 Å². The predicted octanol–water partition coefficient (Wildman–Crippen LogP) is 2.61. The van der Waals surface area contributed by atoms with Gasteiger partial charge in [0.2, 0.25) is 0 Å². The van der Waals surface area contributed by atoms with E-state index in [9.17, 15) is 9.59 Å². The zero-order valence-electron chi connectivity index (χ0n) is 13.5. The lowest BCUT2D eigenvalue weighted by molar-refractivity contribution is 0.0686. The van der Waals surface area contributed by atoms with Crippen LogP contribution in [0.1, 0.15) is 38.3 Å². The lowest BCUT2D eigenvalue weighted by atomic mass is 10.1. The lowest BCUT2D eigenvalue weighted by Gasteiger charge is -1.97. The van der Waals surface area contributed by atoms with Crippen molar-refractivity contribution in [3.8, 4) is 0 Å². The third-order valence-electron chi connectivity index (χ3n) is 3.10. The molecule has 0 aromatic heterocycles. The summed E-state index contributed by atoms with van der Waals surface area (Å²) in [5.41, 5.74) is 2.23. The summed E-state index contributed by atoms with van der Waals surface area (Å²) in [5, 5.41) is 33.4. The number of hydrogen-bond acceptors (Lipinski definition) is 4. The highest BCUT2D eigenvalue weighted by atomic mass is 16.4. The van der Waals surface area contributed by atoms with Gasteiger partial charge in [0, 0.05) is 13.2 Å². The van der Waals surface area contributed by atoms with Gasteiger partial charge in [0.15, 0.2) is 0 Å². The molecular formula is C19H20O6. The Bertz CT molecular complexity index is 640. The van der Waals surface area contributed by atoms with Crippen molar-refractivity contribution < 1.29 is 30.0 Å². The Morgan fingerprint density at radius 2 is 1.00 bits per heavy atom. The molecule has 6 nitrogen and oxygen atoms in total. The minimum absolute atomic E-state index is 0.0938. The molecule has 0 aliphatic heterocycles. The fraction of sp³-hybridized carbons (Fsp3) is 0.158. The topological polar surface area (TPSA) is 115 Å². The third kappa shape index (κ3) is 7.43. The zero-order valence-corrected chi connectivity index (χ0v) is 13.5. The van der Waals surface area contributed by atoms with Crippen molar-refractivity contribution in [3.05, 3.63) is 70.8 Å². The molecule has 0 heterocycles. The summed E-state index contributed by atoms with van der Waals surface area (Å²) >= 11 is 0. The Hall–Kier alpha value is -2.96. The molecule has 132 valence electrons. The molecule has 0 atom stereocenters. The second-order valence-corrected chi connectivity index (χ2v) is 4.99. The standard InChI is InChI=1S/C16H12O4.C3H8O2/c17-15(18)13-7-3-11(4-8-13)1-2-12-5-9-14(10-6-12)16(19)20;4-2-1-3-5/h1-10H,(H,17,18)(H,19,20);4-5H,1-3H2/b2-1+;. The summed E-state index contributed by atoms with van der Waals surface area (Å²) in [6, 6.07) is 13.0. The molecule has 2 aromatic carbocycles. The molecule has 0 saturated heterocycles. The lowest BCUT2D eigenvalue weighted by Crippen LogP contribution is -1.95. The van der Waals surface area contributed by atoms with E-state index >= 15 is 0 Å². The van der Waals surface area contributed by atoms with E-state index in [0.29, 0.717) is 6.42 Å².